The number of nitrogen functional groups attached to an aromatic ring is 1. The zero-order valence-electron chi connectivity index (χ0n) is 24.2. The lowest BCUT2D eigenvalue weighted by Gasteiger charge is -2.27. The molecular weight excluding hydrogens is 564 g/mol. The average molecular weight is 599 g/mol. The van der Waals surface area contributed by atoms with Crippen LogP contribution in [0, 0.1) is 0 Å². The third kappa shape index (κ3) is 5.00. The van der Waals surface area contributed by atoms with Crippen LogP contribution in [0.1, 0.15) is 42.2 Å². The molecule has 4 aromatic heterocycles. The molecule has 2 fully saturated rings. The van der Waals surface area contributed by atoms with Crippen molar-refractivity contribution in [1.29, 1.82) is 0 Å². The summed E-state index contributed by atoms with van der Waals surface area (Å²) in [6.07, 6.45) is 6.07. The predicted octanol–water partition coefficient (Wildman–Crippen LogP) is 4.82. The Morgan fingerprint density at radius 1 is 1.16 bits per heavy atom. The van der Waals surface area contributed by atoms with Gasteiger partial charge in [0.25, 0.3) is 5.91 Å². The maximum atomic E-state index is 13.0. The predicted molar refractivity (Wildman–Crippen MR) is 172 cm³/mol. The van der Waals surface area contributed by atoms with Crippen LogP contribution in [0.15, 0.2) is 51.1 Å². The highest BCUT2D eigenvalue weighted by molar-refractivity contribution is 7.17. The van der Waals surface area contributed by atoms with Gasteiger partial charge in [-0.1, -0.05) is 18.9 Å². The van der Waals surface area contributed by atoms with Crippen molar-refractivity contribution in [3.8, 4) is 11.1 Å². The van der Waals surface area contributed by atoms with Crippen LogP contribution in [0.2, 0.25) is 0 Å². The minimum Gasteiger partial charge on any atom is -0.439 e. The first-order valence-electron chi connectivity index (χ1n) is 14.6. The number of hydrogen-bond donors (Lipinski definition) is 3. The fraction of sp³-hybridized carbons (Fsp3) is 0.355. The van der Waals surface area contributed by atoms with E-state index in [0.29, 0.717) is 39.2 Å². The van der Waals surface area contributed by atoms with Gasteiger partial charge >= 0.3 is 0 Å². The summed E-state index contributed by atoms with van der Waals surface area (Å²) in [4.78, 5) is 39.0. The SMILES string of the molecule is CN(C)C(=O)c1cc2cnc(Nc3ccc(-c4csc5c(=O)cc(N6CCNCC6)oc45)cc3N)nc2n1C1CCCC1. The molecule has 43 heavy (non-hydrogen) atoms. The van der Waals surface area contributed by atoms with Gasteiger partial charge in [0.05, 0.1) is 11.4 Å². The summed E-state index contributed by atoms with van der Waals surface area (Å²) in [5, 5.41) is 9.38. The summed E-state index contributed by atoms with van der Waals surface area (Å²) in [5.41, 5.74) is 11.3. The molecule has 4 N–H and O–H groups in total. The topological polar surface area (TPSA) is 135 Å². The summed E-state index contributed by atoms with van der Waals surface area (Å²) in [6, 6.07) is 9.42. The van der Waals surface area contributed by atoms with Gasteiger partial charge in [-0.2, -0.15) is 4.98 Å². The summed E-state index contributed by atoms with van der Waals surface area (Å²) < 4.78 is 8.99. The maximum Gasteiger partial charge on any atom is 0.270 e. The summed E-state index contributed by atoms with van der Waals surface area (Å²) in [5.74, 6) is 0.951. The number of carbonyl (C=O) groups excluding carboxylic acids is 1. The zero-order chi connectivity index (χ0) is 29.7. The molecule has 1 saturated carbocycles. The van der Waals surface area contributed by atoms with Crippen molar-refractivity contribution in [2.45, 2.75) is 31.7 Å². The molecule has 1 aliphatic heterocycles. The number of fused-ring (bicyclic) bond motifs is 2. The van der Waals surface area contributed by atoms with Crippen LogP contribution >= 0.6 is 11.3 Å². The van der Waals surface area contributed by atoms with Crippen LogP contribution in [0.5, 0.6) is 0 Å². The molecule has 1 saturated heterocycles. The molecule has 0 atom stereocenters. The number of piperazine rings is 1. The Morgan fingerprint density at radius 3 is 2.70 bits per heavy atom. The fourth-order valence-electron chi connectivity index (χ4n) is 6.13. The first kappa shape index (κ1) is 27.4. The molecular formula is C31H34N8O3S. The molecule has 1 amide bonds. The summed E-state index contributed by atoms with van der Waals surface area (Å²) in [6.45, 7) is 3.27. The van der Waals surface area contributed by atoms with Crippen molar-refractivity contribution in [1.82, 2.24) is 24.8 Å². The second-order valence-electron chi connectivity index (χ2n) is 11.4. The maximum absolute atomic E-state index is 13.0. The van der Waals surface area contributed by atoms with E-state index < -0.39 is 0 Å². The Hall–Kier alpha value is -4.42. The second-order valence-corrected chi connectivity index (χ2v) is 12.3. The smallest absolute Gasteiger partial charge is 0.270 e. The zero-order valence-corrected chi connectivity index (χ0v) is 25.0. The molecule has 1 aliphatic carbocycles. The largest absolute Gasteiger partial charge is 0.439 e. The number of nitrogens with zero attached hydrogens (tertiary/aromatic N) is 5. The van der Waals surface area contributed by atoms with E-state index in [1.54, 1.807) is 31.3 Å². The molecule has 11 nitrogen and oxygen atoms in total. The van der Waals surface area contributed by atoms with Crippen molar-refractivity contribution in [2.75, 3.05) is 56.2 Å². The number of nitrogens with one attached hydrogen (secondary N) is 2. The van der Waals surface area contributed by atoms with Gasteiger partial charge in [0, 0.05) is 74.9 Å². The number of aromatic nitrogens is 3. The van der Waals surface area contributed by atoms with Crippen molar-refractivity contribution >= 4 is 61.8 Å². The van der Waals surface area contributed by atoms with Gasteiger partial charge < -0.3 is 35.2 Å². The quantitative estimate of drug-likeness (QED) is 0.235. The monoisotopic (exact) mass is 598 g/mol. The molecule has 222 valence electrons. The number of anilines is 4. The van der Waals surface area contributed by atoms with E-state index in [4.69, 9.17) is 15.1 Å². The number of thiophene rings is 1. The van der Waals surface area contributed by atoms with Gasteiger partial charge in [0.1, 0.15) is 16.0 Å². The lowest BCUT2D eigenvalue weighted by atomic mass is 10.1. The normalized spacial score (nSPS) is 15.9. The Kier molecular flexibility index (Phi) is 7.02. The molecule has 0 spiro atoms. The first-order chi connectivity index (χ1) is 20.9. The van der Waals surface area contributed by atoms with Gasteiger partial charge in [0.15, 0.2) is 11.5 Å². The molecule has 0 unspecified atom stereocenters. The third-order valence-corrected chi connectivity index (χ3v) is 9.34. The highest BCUT2D eigenvalue weighted by Crippen LogP contribution is 2.38. The van der Waals surface area contributed by atoms with Crippen molar-refractivity contribution < 1.29 is 9.21 Å². The standard InChI is InChI=1S/C31H34N8O3S/c1-37(2)30(41)24-14-19-16-34-31(36-29(19)39(24)20-5-3-4-6-20)35-23-8-7-18(13-22(23)32)21-17-43-28-25(40)15-26(42-27(21)28)38-11-9-33-10-12-38/h7-8,13-17,20,33H,3-6,9-12,32H2,1-2H3,(H,34,35,36). The van der Waals surface area contributed by atoms with E-state index in [1.807, 2.05) is 29.6 Å². The number of carbonyl (C=O) groups is 1. The Morgan fingerprint density at radius 2 is 1.95 bits per heavy atom. The van der Waals surface area contributed by atoms with Crippen LogP contribution in [0.3, 0.4) is 0 Å². The van der Waals surface area contributed by atoms with Crippen LogP contribution in [0.4, 0.5) is 23.2 Å². The fourth-order valence-corrected chi connectivity index (χ4v) is 7.04. The van der Waals surface area contributed by atoms with E-state index in [0.717, 1.165) is 74.0 Å². The Balaban J connectivity index is 1.21. The van der Waals surface area contributed by atoms with Crippen LogP contribution in [0.25, 0.3) is 32.4 Å². The molecule has 2 aliphatic rings. The third-order valence-electron chi connectivity index (χ3n) is 8.36. The second kappa shape index (κ2) is 11.0. The van der Waals surface area contributed by atoms with Gasteiger partial charge in [-0.3, -0.25) is 9.59 Å². The number of amides is 1. The van der Waals surface area contributed by atoms with E-state index in [1.165, 1.54) is 11.3 Å². The number of rotatable bonds is 6. The van der Waals surface area contributed by atoms with Gasteiger partial charge in [-0.05, 0) is 36.6 Å². The molecule has 0 radical (unpaired) electrons. The molecule has 5 aromatic rings. The molecule has 5 heterocycles. The molecule has 0 bridgehead atoms. The highest BCUT2D eigenvalue weighted by Gasteiger charge is 2.27. The highest BCUT2D eigenvalue weighted by atomic mass is 32.1. The first-order valence-corrected chi connectivity index (χ1v) is 15.5. The van der Waals surface area contributed by atoms with Crippen molar-refractivity contribution in [3.05, 3.63) is 57.8 Å². The van der Waals surface area contributed by atoms with E-state index in [2.05, 4.69) is 25.1 Å². The van der Waals surface area contributed by atoms with Crippen LogP contribution < -0.4 is 26.7 Å². The van der Waals surface area contributed by atoms with Crippen molar-refractivity contribution in [3.63, 3.8) is 0 Å². The lowest BCUT2D eigenvalue weighted by molar-refractivity contribution is 0.0815. The number of nitrogens with two attached hydrogens (primary N) is 1. The molecule has 12 heteroatoms. The lowest BCUT2D eigenvalue weighted by Crippen LogP contribution is -2.43. The van der Waals surface area contributed by atoms with Gasteiger partial charge in [0.2, 0.25) is 11.4 Å². The van der Waals surface area contributed by atoms with Gasteiger partial charge in [-0.15, -0.1) is 11.3 Å². The number of benzene rings is 1. The van der Waals surface area contributed by atoms with Crippen LogP contribution in [-0.2, 0) is 0 Å². The van der Waals surface area contributed by atoms with E-state index in [-0.39, 0.29) is 17.4 Å². The summed E-state index contributed by atoms with van der Waals surface area (Å²) in [7, 11) is 3.53. The minimum absolute atomic E-state index is 0.0392. The van der Waals surface area contributed by atoms with Crippen LogP contribution in [-0.4, -0.2) is 65.6 Å². The van der Waals surface area contributed by atoms with Gasteiger partial charge in [-0.25, -0.2) is 4.98 Å². The molecule has 7 rings (SSSR count). The van der Waals surface area contributed by atoms with E-state index >= 15 is 0 Å². The van der Waals surface area contributed by atoms with Crippen molar-refractivity contribution in [2.24, 2.45) is 0 Å². The minimum atomic E-state index is -0.0453. The molecule has 1 aromatic carbocycles. The Bertz CT molecular complexity index is 1900. The number of hydrogen-bond acceptors (Lipinski definition) is 10. The van der Waals surface area contributed by atoms with E-state index in [9.17, 15) is 9.59 Å². The Labute approximate surface area is 252 Å². The summed E-state index contributed by atoms with van der Waals surface area (Å²) >= 11 is 1.38. The average Bonchev–Trinajstić information content (AvgIpc) is 3.77.